The van der Waals surface area contributed by atoms with Gasteiger partial charge in [-0.25, -0.2) is 0 Å². The van der Waals surface area contributed by atoms with Crippen LogP contribution in [0, 0.1) is 10.1 Å². The number of nitro benzene ring substituents is 1. The number of rotatable bonds is 9. The summed E-state index contributed by atoms with van der Waals surface area (Å²) in [4.78, 5) is 17.6. The van der Waals surface area contributed by atoms with Crippen molar-refractivity contribution in [2.24, 2.45) is 0 Å². The quantitative estimate of drug-likeness (QED) is 0.114. The molecule has 3 heterocycles. The van der Waals surface area contributed by atoms with Gasteiger partial charge in [0.1, 0.15) is 29.9 Å². The van der Waals surface area contributed by atoms with Gasteiger partial charge in [-0.2, -0.15) is 0 Å². The number of halogens is 1. The number of hydrogen-bond donors (Lipinski definition) is 1. The zero-order chi connectivity index (χ0) is 26.6. The Morgan fingerprint density at radius 2 is 1.95 bits per heavy atom. The molecular weight excluding hydrogens is 528 g/mol. The van der Waals surface area contributed by atoms with Gasteiger partial charge in [0.15, 0.2) is 5.11 Å². The Bertz CT molecular complexity index is 1460. The molecule has 2 aromatic heterocycles. The highest BCUT2D eigenvalue weighted by atomic mass is 35.5. The zero-order valence-corrected chi connectivity index (χ0v) is 21.8. The van der Waals surface area contributed by atoms with Crippen LogP contribution in [0.3, 0.4) is 0 Å². The summed E-state index contributed by atoms with van der Waals surface area (Å²) in [5, 5.41) is 15.8. The molecule has 0 saturated carbocycles. The predicted octanol–water partition coefficient (Wildman–Crippen LogP) is 6.11. The van der Waals surface area contributed by atoms with Crippen molar-refractivity contribution in [3.8, 4) is 17.1 Å². The first-order valence-corrected chi connectivity index (χ1v) is 12.5. The Balaban J connectivity index is 1.55. The van der Waals surface area contributed by atoms with Gasteiger partial charge in [-0.15, -0.1) is 0 Å². The number of nitro groups is 1. The molecule has 5 rings (SSSR count). The van der Waals surface area contributed by atoms with E-state index in [2.05, 4.69) is 10.3 Å². The standard InChI is InChI=1S/C27H23ClN4O5S/c1-35-14-15-36-23-10-9-17(16-19(23)28)31-26(25(30-27(31)38)20-7-4-5-13-29-20)24-12-11-22(37-24)18-6-2-3-8-21(18)32(33)34/h2-13,16,25-26H,14-15H2,1H3,(H,30,38)/t25-,26-/m0/s1. The van der Waals surface area contributed by atoms with Gasteiger partial charge < -0.3 is 24.1 Å². The molecule has 1 N–H and O–H groups in total. The first-order valence-electron chi connectivity index (χ1n) is 11.7. The van der Waals surface area contributed by atoms with Crippen molar-refractivity contribution in [2.75, 3.05) is 25.2 Å². The number of aromatic nitrogens is 1. The van der Waals surface area contributed by atoms with E-state index in [1.54, 1.807) is 55.8 Å². The van der Waals surface area contributed by atoms with E-state index in [0.29, 0.717) is 46.2 Å². The summed E-state index contributed by atoms with van der Waals surface area (Å²) in [6.45, 7) is 0.802. The Kier molecular flexibility index (Phi) is 7.54. The number of nitrogens with one attached hydrogen (secondary N) is 1. The van der Waals surface area contributed by atoms with Gasteiger partial charge in [0.2, 0.25) is 0 Å². The van der Waals surface area contributed by atoms with Crippen molar-refractivity contribution in [1.29, 1.82) is 0 Å². The van der Waals surface area contributed by atoms with E-state index in [4.69, 9.17) is 37.7 Å². The van der Waals surface area contributed by atoms with Crippen LogP contribution in [0.2, 0.25) is 5.02 Å². The molecule has 0 unspecified atom stereocenters. The van der Waals surface area contributed by atoms with Crippen molar-refractivity contribution < 1.29 is 18.8 Å². The molecular formula is C27H23ClN4O5S. The first-order chi connectivity index (χ1) is 18.5. The second-order valence-electron chi connectivity index (χ2n) is 8.43. The van der Waals surface area contributed by atoms with Crippen molar-refractivity contribution in [3.63, 3.8) is 0 Å². The lowest BCUT2D eigenvalue weighted by atomic mass is 10.0. The van der Waals surface area contributed by atoms with E-state index in [1.807, 2.05) is 29.2 Å². The summed E-state index contributed by atoms with van der Waals surface area (Å²) in [5.74, 6) is 1.46. The maximum atomic E-state index is 11.6. The molecule has 1 fully saturated rings. The number of thiocarbonyl (C=S) groups is 1. The zero-order valence-electron chi connectivity index (χ0n) is 20.2. The van der Waals surface area contributed by atoms with Crippen molar-refractivity contribution in [1.82, 2.24) is 10.3 Å². The largest absolute Gasteiger partial charge is 0.490 e. The number of benzene rings is 2. The highest BCUT2D eigenvalue weighted by molar-refractivity contribution is 7.80. The second-order valence-corrected chi connectivity index (χ2v) is 9.22. The number of pyridine rings is 1. The molecule has 1 saturated heterocycles. The number of nitrogens with zero attached hydrogens (tertiary/aromatic N) is 3. The SMILES string of the molecule is COCCOc1ccc(N2C(=S)N[C@@H](c3ccccn3)[C@@H]2c2ccc(-c3ccccc3[N+](=O)[O-])o2)cc1Cl. The van der Waals surface area contributed by atoms with Gasteiger partial charge in [-0.3, -0.25) is 15.1 Å². The van der Waals surface area contributed by atoms with Crippen molar-refractivity contribution >= 4 is 40.3 Å². The van der Waals surface area contributed by atoms with Crippen LogP contribution >= 0.6 is 23.8 Å². The molecule has 1 aliphatic rings. The molecule has 0 aliphatic carbocycles. The monoisotopic (exact) mass is 550 g/mol. The molecule has 0 bridgehead atoms. The summed E-state index contributed by atoms with van der Waals surface area (Å²) in [5.41, 5.74) is 1.83. The molecule has 2 atom stereocenters. The smallest absolute Gasteiger partial charge is 0.280 e. The van der Waals surface area contributed by atoms with E-state index in [0.717, 1.165) is 11.4 Å². The van der Waals surface area contributed by atoms with Crippen LogP contribution in [0.25, 0.3) is 11.3 Å². The third-order valence-corrected chi connectivity index (χ3v) is 6.73. The Morgan fingerprint density at radius 1 is 1.13 bits per heavy atom. The minimum atomic E-state index is -0.453. The van der Waals surface area contributed by atoms with Crippen molar-refractivity contribution in [2.45, 2.75) is 12.1 Å². The van der Waals surface area contributed by atoms with Crippen LogP contribution in [0.4, 0.5) is 11.4 Å². The summed E-state index contributed by atoms with van der Waals surface area (Å²) in [6, 6.07) is 20.2. The topological polar surface area (TPSA) is 103 Å². The number of ether oxygens (including phenoxy) is 2. The highest BCUT2D eigenvalue weighted by Gasteiger charge is 2.43. The summed E-state index contributed by atoms with van der Waals surface area (Å²) in [7, 11) is 1.60. The Hall–Kier alpha value is -3.99. The van der Waals surface area contributed by atoms with Gasteiger partial charge in [0.05, 0.1) is 33.9 Å². The average Bonchev–Trinajstić information content (AvgIpc) is 3.55. The van der Waals surface area contributed by atoms with E-state index in [9.17, 15) is 10.1 Å². The van der Waals surface area contributed by atoms with Gasteiger partial charge in [-0.1, -0.05) is 29.8 Å². The van der Waals surface area contributed by atoms with Gasteiger partial charge in [0.25, 0.3) is 5.69 Å². The van der Waals surface area contributed by atoms with Crippen LogP contribution in [-0.2, 0) is 4.74 Å². The highest BCUT2D eigenvalue weighted by Crippen LogP contribution is 2.44. The molecule has 0 amide bonds. The summed E-state index contributed by atoms with van der Waals surface area (Å²) in [6.07, 6.45) is 1.71. The molecule has 1 aliphatic heterocycles. The third kappa shape index (κ3) is 5.06. The normalized spacial score (nSPS) is 16.9. The van der Waals surface area contributed by atoms with Crippen LogP contribution in [-0.4, -0.2) is 35.3 Å². The average molecular weight is 551 g/mol. The molecule has 4 aromatic rings. The predicted molar refractivity (Wildman–Crippen MR) is 148 cm³/mol. The molecule has 2 aromatic carbocycles. The van der Waals surface area contributed by atoms with Crippen LogP contribution in [0.15, 0.2) is 83.4 Å². The number of furan rings is 1. The Morgan fingerprint density at radius 3 is 2.68 bits per heavy atom. The van der Waals surface area contributed by atoms with E-state index in [1.165, 1.54) is 6.07 Å². The molecule has 0 radical (unpaired) electrons. The fraction of sp³-hybridized carbons (Fsp3) is 0.185. The maximum absolute atomic E-state index is 11.6. The minimum Gasteiger partial charge on any atom is -0.490 e. The lowest BCUT2D eigenvalue weighted by Gasteiger charge is -2.26. The van der Waals surface area contributed by atoms with Crippen LogP contribution in [0.5, 0.6) is 5.75 Å². The number of anilines is 1. The molecule has 0 spiro atoms. The van der Waals surface area contributed by atoms with Gasteiger partial charge in [0, 0.05) is 25.1 Å². The third-order valence-electron chi connectivity index (χ3n) is 6.12. The summed E-state index contributed by atoms with van der Waals surface area (Å²) >= 11 is 12.3. The number of para-hydroxylation sites is 1. The Labute approximate surface area is 229 Å². The lowest BCUT2D eigenvalue weighted by molar-refractivity contribution is -0.384. The summed E-state index contributed by atoms with van der Waals surface area (Å²) < 4.78 is 17.0. The van der Waals surface area contributed by atoms with Crippen LogP contribution in [0.1, 0.15) is 23.5 Å². The lowest BCUT2D eigenvalue weighted by Crippen LogP contribution is -2.29. The van der Waals surface area contributed by atoms with Gasteiger partial charge >= 0.3 is 0 Å². The molecule has 194 valence electrons. The van der Waals surface area contributed by atoms with E-state index >= 15 is 0 Å². The van der Waals surface area contributed by atoms with Gasteiger partial charge in [-0.05, 0) is 60.7 Å². The molecule has 9 nitrogen and oxygen atoms in total. The van der Waals surface area contributed by atoms with E-state index in [-0.39, 0.29) is 11.7 Å². The van der Waals surface area contributed by atoms with E-state index < -0.39 is 11.0 Å². The van der Waals surface area contributed by atoms with Crippen molar-refractivity contribution in [3.05, 3.63) is 106 Å². The maximum Gasteiger partial charge on any atom is 0.280 e. The number of hydrogen-bond acceptors (Lipinski definition) is 7. The minimum absolute atomic E-state index is 0.0394. The van der Waals surface area contributed by atoms with Crippen LogP contribution < -0.4 is 15.0 Å². The first kappa shape index (κ1) is 25.7. The molecule has 11 heteroatoms. The fourth-order valence-electron chi connectivity index (χ4n) is 4.41. The second kappa shape index (κ2) is 11.2. The number of methoxy groups -OCH3 is 1. The molecule has 38 heavy (non-hydrogen) atoms. The fourth-order valence-corrected chi connectivity index (χ4v) is 4.99.